The minimum atomic E-state index is -0.855. The molecule has 73 heavy (non-hydrogen) atoms. The number of aliphatic hydroxyl groups is 2. The number of ether oxygens (including phenoxy) is 1. The van der Waals surface area contributed by atoms with Crippen molar-refractivity contribution in [1.82, 2.24) is 5.32 Å². The van der Waals surface area contributed by atoms with Gasteiger partial charge in [-0.05, 0) is 83.5 Å². The van der Waals surface area contributed by atoms with Crippen LogP contribution in [0.1, 0.15) is 354 Å². The zero-order chi connectivity index (χ0) is 52.9. The molecule has 0 fully saturated rings. The van der Waals surface area contributed by atoms with Crippen molar-refractivity contribution in [2.24, 2.45) is 0 Å². The van der Waals surface area contributed by atoms with Gasteiger partial charge in [0.1, 0.15) is 0 Å². The van der Waals surface area contributed by atoms with Crippen LogP contribution in [0.15, 0.2) is 36.5 Å². The van der Waals surface area contributed by atoms with Crippen LogP contribution >= 0.6 is 0 Å². The molecule has 0 aliphatic rings. The van der Waals surface area contributed by atoms with Crippen molar-refractivity contribution in [2.45, 2.75) is 366 Å². The molecular weight excluding hydrogens is 899 g/mol. The van der Waals surface area contributed by atoms with Crippen LogP contribution in [0, 0.1) is 0 Å². The molecule has 6 nitrogen and oxygen atoms in total. The lowest BCUT2D eigenvalue weighted by molar-refractivity contribution is -0.143. The van der Waals surface area contributed by atoms with Gasteiger partial charge < -0.3 is 20.3 Å². The van der Waals surface area contributed by atoms with Crippen molar-refractivity contribution in [3.05, 3.63) is 36.5 Å². The minimum Gasteiger partial charge on any atom is -0.466 e. The minimum absolute atomic E-state index is 0.00674. The molecule has 0 heterocycles. The van der Waals surface area contributed by atoms with Crippen molar-refractivity contribution in [3.8, 4) is 0 Å². The van der Waals surface area contributed by atoms with Gasteiger partial charge in [0.2, 0.25) is 5.91 Å². The summed E-state index contributed by atoms with van der Waals surface area (Å²) in [7, 11) is 0. The average Bonchev–Trinajstić information content (AvgIpc) is 3.39. The van der Waals surface area contributed by atoms with Gasteiger partial charge in [0.15, 0.2) is 0 Å². The van der Waals surface area contributed by atoms with Crippen LogP contribution in [0.25, 0.3) is 0 Å². The summed E-state index contributed by atoms with van der Waals surface area (Å²) in [6, 6.07) is -0.640. The lowest BCUT2D eigenvalue weighted by atomic mass is 10.0. The molecule has 6 heteroatoms. The van der Waals surface area contributed by atoms with E-state index in [1.807, 2.05) is 6.08 Å². The summed E-state index contributed by atoms with van der Waals surface area (Å²) in [5.74, 6) is -0.0860. The van der Waals surface area contributed by atoms with Gasteiger partial charge >= 0.3 is 5.97 Å². The third kappa shape index (κ3) is 59.2. The number of rotatable bonds is 61. The van der Waals surface area contributed by atoms with Crippen LogP contribution in [0.2, 0.25) is 0 Å². The molecule has 0 saturated carbocycles. The standard InChI is InChI=1S/C67H127NO5/c1-3-5-7-9-11-13-15-17-18-19-20-21-22-23-24-25-26-29-32-36-39-43-47-51-55-59-65(70)64(63-69)68-66(71)60-56-52-48-44-40-37-33-30-27-28-31-34-38-42-46-50-54-58-62-73-67(72)61-57-53-49-45-41-35-16-14-12-10-8-6-4-2/h14,16,30,33,55,59,64-65,69-70H,3-13,15,17-29,31-32,34-54,56-58,60-63H2,1-2H3,(H,68,71)/b16-14-,33-30-,59-55+. The highest BCUT2D eigenvalue weighted by Gasteiger charge is 2.18. The topological polar surface area (TPSA) is 95.9 Å². The molecule has 0 aromatic rings. The number of hydrogen-bond acceptors (Lipinski definition) is 5. The molecule has 2 unspecified atom stereocenters. The summed E-state index contributed by atoms with van der Waals surface area (Å²) in [5.41, 5.74) is 0. The zero-order valence-electron chi connectivity index (χ0n) is 49.1. The summed E-state index contributed by atoms with van der Waals surface area (Å²) >= 11 is 0. The molecule has 0 spiro atoms. The summed E-state index contributed by atoms with van der Waals surface area (Å²) in [5, 5.41) is 23.2. The third-order valence-electron chi connectivity index (χ3n) is 15.1. The van der Waals surface area contributed by atoms with E-state index in [1.165, 1.54) is 263 Å². The Labute approximate surface area is 455 Å². The molecular formula is C67H127NO5. The van der Waals surface area contributed by atoms with Gasteiger partial charge in [0.25, 0.3) is 0 Å². The lowest BCUT2D eigenvalue weighted by Gasteiger charge is -2.20. The predicted molar refractivity (Wildman–Crippen MR) is 319 cm³/mol. The smallest absolute Gasteiger partial charge is 0.305 e. The Morgan fingerprint density at radius 2 is 0.644 bits per heavy atom. The van der Waals surface area contributed by atoms with Gasteiger partial charge in [-0.2, -0.15) is 0 Å². The maximum atomic E-state index is 12.5. The molecule has 0 saturated heterocycles. The van der Waals surface area contributed by atoms with E-state index in [1.54, 1.807) is 6.08 Å². The zero-order valence-corrected chi connectivity index (χ0v) is 49.1. The number of carbonyl (C=O) groups is 2. The summed E-state index contributed by atoms with van der Waals surface area (Å²) in [6.07, 6.45) is 79.1. The molecule has 0 aliphatic heterocycles. The molecule has 430 valence electrons. The summed E-state index contributed by atoms with van der Waals surface area (Å²) < 4.78 is 5.47. The van der Waals surface area contributed by atoms with Gasteiger partial charge in [0, 0.05) is 12.8 Å². The normalized spacial score (nSPS) is 12.8. The van der Waals surface area contributed by atoms with Crippen LogP contribution in [0.4, 0.5) is 0 Å². The largest absolute Gasteiger partial charge is 0.466 e. The second kappa shape index (κ2) is 62.6. The Bertz CT molecular complexity index is 1180. The molecule has 0 rings (SSSR count). The first-order valence-corrected chi connectivity index (χ1v) is 32.8. The molecule has 3 N–H and O–H groups in total. The molecule has 0 aromatic carbocycles. The molecule has 0 aliphatic carbocycles. The number of hydrogen-bond donors (Lipinski definition) is 3. The van der Waals surface area contributed by atoms with Crippen LogP contribution in [-0.2, 0) is 14.3 Å². The van der Waals surface area contributed by atoms with E-state index in [0.717, 1.165) is 64.2 Å². The Morgan fingerprint density at radius 3 is 0.986 bits per heavy atom. The fourth-order valence-electron chi connectivity index (χ4n) is 10.1. The van der Waals surface area contributed by atoms with E-state index < -0.39 is 12.1 Å². The number of amides is 1. The predicted octanol–water partition coefficient (Wildman–Crippen LogP) is 20.8. The number of aliphatic hydroxyl groups excluding tert-OH is 2. The van der Waals surface area contributed by atoms with Crippen molar-refractivity contribution in [2.75, 3.05) is 13.2 Å². The van der Waals surface area contributed by atoms with Crippen LogP contribution in [0.3, 0.4) is 0 Å². The first-order valence-electron chi connectivity index (χ1n) is 32.8. The molecule has 0 radical (unpaired) electrons. The van der Waals surface area contributed by atoms with Gasteiger partial charge in [-0.3, -0.25) is 9.59 Å². The summed E-state index contributed by atoms with van der Waals surface area (Å²) in [6.45, 7) is 4.89. The second-order valence-electron chi connectivity index (χ2n) is 22.4. The number of allylic oxidation sites excluding steroid dienone is 5. The van der Waals surface area contributed by atoms with E-state index in [2.05, 4.69) is 43.5 Å². The van der Waals surface area contributed by atoms with E-state index >= 15 is 0 Å². The molecule has 1 amide bonds. The molecule has 0 bridgehead atoms. The fourth-order valence-corrected chi connectivity index (χ4v) is 10.1. The summed E-state index contributed by atoms with van der Waals surface area (Å²) in [4.78, 5) is 24.5. The highest BCUT2D eigenvalue weighted by atomic mass is 16.5. The van der Waals surface area contributed by atoms with Gasteiger partial charge in [-0.25, -0.2) is 0 Å². The Morgan fingerprint density at radius 1 is 0.370 bits per heavy atom. The monoisotopic (exact) mass is 1030 g/mol. The van der Waals surface area contributed by atoms with E-state index in [9.17, 15) is 19.8 Å². The second-order valence-corrected chi connectivity index (χ2v) is 22.4. The Hall–Kier alpha value is -1.92. The molecule has 0 aromatic heterocycles. The number of nitrogens with one attached hydrogen (secondary N) is 1. The Kier molecular flexibility index (Phi) is 61.0. The molecule has 2 atom stereocenters. The van der Waals surface area contributed by atoms with Crippen LogP contribution in [0.5, 0.6) is 0 Å². The SMILES string of the molecule is CCCCCC/C=C\CCCCCCCC(=O)OCCCCCCCCCCC/C=C\CCCCCCCC(=O)NC(CO)C(O)/C=C/CCCCCCCCCCCCCCCCCCCCCCCCC. The van der Waals surface area contributed by atoms with E-state index in [0.29, 0.717) is 19.4 Å². The number of esters is 1. The fraction of sp³-hybridized carbons (Fsp3) is 0.881. The Balaban J connectivity index is 3.48. The van der Waals surface area contributed by atoms with Gasteiger partial charge in [0.05, 0.1) is 25.4 Å². The average molecular weight is 1030 g/mol. The number of carbonyl (C=O) groups excluding carboxylic acids is 2. The van der Waals surface area contributed by atoms with E-state index in [-0.39, 0.29) is 18.5 Å². The van der Waals surface area contributed by atoms with Gasteiger partial charge in [-0.15, -0.1) is 0 Å². The maximum absolute atomic E-state index is 12.5. The number of unbranched alkanes of at least 4 members (excludes halogenated alkanes) is 46. The van der Waals surface area contributed by atoms with Crippen molar-refractivity contribution in [1.29, 1.82) is 0 Å². The first kappa shape index (κ1) is 71.1. The third-order valence-corrected chi connectivity index (χ3v) is 15.1. The maximum Gasteiger partial charge on any atom is 0.305 e. The van der Waals surface area contributed by atoms with Crippen molar-refractivity contribution in [3.63, 3.8) is 0 Å². The van der Waals surface area contributed by atoms with Crippen LogP contribution in [-0.4, -0.2) is 47.4 Å². The van der Waals surface area contributed by atoms with E-state index in [4.69, 9.17) is 4.74 Å². The van der Waals surface area contributed by atoms with Crippen LogP contribution < -0.4 is 5.32 Å². The highest BCUT2D eigenvalue weighted by Crippen LogP contribution is 2.18. The van der Waals surface area contributed by atoms with Crippen molar-refractivity contribution >= 4 is 11.9 Å². The van der Waals surface area contributed by atoms with Gasteiger partial charge in [-0.1, -0.05) is 294 Å². The quantitative estimate of drug-likeness (QED) is 0.0320. The lowest BCUT2D eigenvalue weighted by Crippen LogP contribution is -2.45. The highest BCUT2D eigenvalue weighted by molar-refractivity contribution is 5.76. The van der Waals surface area contributed by atoms with Crippen molar-refractivity contribution < 1.29 is 24.5 Å². The first-order chi connectivity index (χ1) is 36.0.